The van der Waals surface area contributed by atoms with Crippen LogP contribution in [0.2, 0.25) is 0 Å². The Balaban J connectivity index is 1.20. The van der Waals surface area contributed by atoms with Gasteiger partial charge in [0.25, 0.3) is 17.5 Å². The van der Waals surface area contributed by atoms with Gasteiger partial charge < -0.3 is 20.9 Å². The van der Waals surface area contributed by atoms with Crippen LogP contribution in [0.25, 0.3) is 17.0 Å². The summed E-state index contributed by atoms with van der Waals surface area (Å²) in [6.07, 6.45) is 3.41. The quantitative estimate of drug-likeness (QED) is 0.0477. The van der Waals surface area contributed by atoms with Crippen molar-refractivity contribution in [3.8, 4) is 0 Å². The normalized spacial score (nSPS) is 11.8. The Labute approximate surface area is 285 Å². The number of non-ortho nitro benzene ring substituents is 1. The number of carbonyl (C=O) groups excluding carboxylic acids is 3. The number of nitrogens with zero attached hydrogens (tertiary/aromatic N) is 1. The summed E-state index contributed by atoms with van der Waals surface area (Å²) in [4.78, 5) is 54.6. The lowest BCUT2D eigenvalue weighted by Gasteiger charge is -2.17. The fourth-order valence-electron chi connectivity index (χ4n) is 5.04. The number of thioether (sulfide) groups is 1. The lowest BCUT2D eigenvalue weighted by atomic mass is 10.1. The van der Waals surface area contributed by atoms with E-state index in [1.807, 2.05) is 60.7 Å². The van der Waals surface area contributed by atoms with E-state index in [9.17, 15) is 24.5 Å². The number of nitrogens with one attached hydrogen (secondary N) is 4. The number of fused-ring (bicyclic) bond motifs is 1. The van der Waals surface area contributed by atoms with Gasteiger partial charge in [-0.15, -0.1) is 11.8 Å². The van der Waals surface area contributed by atoms with Crippen LogP contribution < -0.4 is 16.0 Å². The summed E-state index contributed by atoms with van der Waals surface area (Å²) in [6.45, 7) is 0. The molecule has 3 amide bonds. The van der Waals surface area contributed by atoms with Crippen molar-refractivity contribution in [2.75, 3.05) is 10.6 Å². The van der Waals surface area contributed by atoms with Crippen LogP contribution >= 0.6 is 11.8 Å². The molecule has 0 unspecified atom stereocenters. The molecule has 0 aliphatic heterocycles. The van der Waals surface area contributed by atoms with Gasteiger partial charge in [-0.25, -0.2) is 0 Å². The monoisotopic (exact) mass is 667 g/mol. The molecule has 4 N–H and O–H groups in total. The molecule has 0 saturated carbocycles. The van der Waals surface area contributed by atoms with Gasteiger partial charge in [0, 0.05) is 56.6 Å². The Morgan fingerprint density at radius 3 is 2.04 bits per heavy atom. The number of H-pyrrole nitrogens is 1. The summed E-state index contributed by atoms with van der Waals surface area (Å²) < 4.78 is 0. The van der Waals surface area contributed by atoms with Gasteiger partial charge in [-0.1, -0.05) is 66.7 Å². The number of benzene rings is 5. The lowest BCUT2D eigenvalue weighted by Crippen LogP contribution is -2.30. The molecule has 10 nitrogen and oxygen atoms in total. The molecule has 5 aromatic carbocycles. The summed E-state index contributed by atoms with van der Waals surface area (Å²) in [5.41, 5.74) is 3.72. The van der Waals surface area contributed by atoms with E-state index >= 15 is 0 Å². The number of hydrogen-bond donors (Lipinski definition) is 4. The number of para-hydroxylation sites is 1. The number of carbonyl (C=O) groups is 3. The number of amides is 3. The molecule has 0 saturated heterocycles. The standard InChI is InChI=1S/C38H29N5O5S/c44-36(26-11-5-2-6-12-26)42-34(23-27-24-39-33-14-8-7-13-32(27)33)37(45)40-29-17-21-31(22-18-29)49-35(25-9-3-1-4-10-25)38(46)41-28-15-19-30(20-16-28)43(47)48/h1-24,35,39H,(H,40,45)(H,41,46)(H,42,44)/b34-23+/t35-/m0/s1. The number of aromatic amines is 1. The number of hydrogen-bond acceptors (Lipinski definition) is 6. The van der Waals surface area contributed by atoms with Crippen LogP contribution in [0.5, 0.6) is 0 Å². The Hall–Kier alpha value is -6.46. The van der Waals surface area contributed by atoms with Gasteiger partial charge in [-0.2, -0.15) is 0 Å². The Kier molecular flexibility index (Phi) is 9.92. The van der Waals surface area contributed by atoms with Crippen LogP contribution in [-0.4, -0.2) is 27.6 Å². The van der Waals surface area contributed by atoms with Crippen LogP contribution in [0.4, 0.5) is 17.1 Å². The number of anilines is 2. The minimum Gasteiger partial charge on any atom is -0.361 e. The summed E-state index contributed by atoms with van der Waals surface area (Å²) in [6, 6.07) is 38.2. The molecule has 6 rings (SSSR count). The summed E-state index contributed by atoms with van der Waals surface area (Å²) in [5, 5.41) is 19.8. The zero-order valence-electron chi connectivity index (χ0n) is 25.8. The average molecular weight is 668 g/mol. The van der Waals surface area contributed by atoms with Crippen molar-refractivity contribution in [2.24, 2.45) is 0 Å². The fourth-order valence-corrected chi connectivity index (χ4v) is 6.06. The first-order valence-electron chi connectivity index (χ1n) is 15.2. The molecule has 0 bridgehead atoms. The van der Waals surface area contributed by atoms with Crippen molar-refractivity contribution in [1.29, 1.82) is 0 Å². The van der Waals surface area contributed by atoms with E-state index < -0.39 is 22.0 Å². The first-order valence-corrected chi connectivity index (χ1v) is 16.0. The van der Waals surface area contributed by atoms with Gasteiger partial charge >= 0.3 is 0 Å². The maximum atomic E-state index is 13.6. The van der Waals surface area contributed by atoms with Gasteiger partial charge in [-0.05, 0) is 66.2 Å². The van der Waals surface area contributed by atoms with Gasteiger partial charge in [0.1, 0.15) is 10.9 Å². The first kappa shape index (κ1) is 32.5. The summed E-state index contributed by atoms with van der Waals surface area (Å²) in [7, 11) is 0. The van der Waals surface area contributed by atoms with Crippen molar-refractivity contribution < 1.29 is 19.3 Å². The highest BCUT2D eigenvalue weighted by atomic mass is 32.2. The molecule has 49 heavy (non-hydrogen) atoms. The van der Waals surface area contributed by atoms with Crippen molar-refractivity contribution in [1.82, 2.24) is 10.3 Å². The molecule has 1 heterocycles. The van der Waals surface area contributed by atoms with Crippen LogP contribution in [0.15, 0.2) is 150 Å². The first-order chi connectivity index (χ1) is 23.8. The van der Waals surface area contributed by atoms with Crippen molar-refractivity contribution in [3.05, 3.63) is 172 Å². The summed E-state index contributed by atoms with van der Waals surface area (Å²) in [5.74, 6) is -1.24. The predicted octanol–water partition coefficient (Wildman–Crippen LogP) is 7.96. The lowest BCUT2D eigenvalue weighted by molar-refractivity contribution is -0.384. The second kappa shape index (κ2) is 15.0. The summed E-state index contributed by atoms with van der Waals surface area (Å²) >= 11 is 1.32. The number of aromatic nitrogens is 1. The second-order valence-electron chi connectivity index (χ2n) is 10.8. The Morgan fingerprint density at radius 2 is 1.35 bits per heavy atom. The third-order valence-corrected chi connectivity index (χ3v) is 8.77. The van der Waals surface area contributed by atoms with E-state index in [1.165, 1.54) is 36.0 Å². The van der Waals surface area contributed by atoms with Crippen LogP contribution in [-0.2, 0) is 9.59 Å². The molecule has 0 spiro atoms. The molecule has 0 radical (unpaired) electrons. The number of nitro benzene ring substituents is 1. The van der Waals surface area contributed by atoms with Gasteiger partial charge in [0.2, 0.25) is 5.91 Å². The van der Waals surface area contributed by atoms with E-state index in [0.29, 0.717) is 16.9 Å². The number of rotatable bonds is 11. The Morgan fingerprint density at radius 1 is 0.735 bits per heavy atom. The minimum atomic E-state index is -0.643. The van der Waals surface area contributed by atoms with E-state index in [2.05, 4.69) is 20.9 Å². The highest BCUT2D eigenvalue weighted by Gasteiger charge is 2.23. The van der Waals surface area contributed by atoms with E-state index in [1.54, 1.807) is 60.8 Å². The topological polar surface area (TPSA) is 146 Å². The van der Waals surface area contributed by atoms with E-state index in [-0.39, 0.29) is 17.3 Å². The average Bonchev–Trinajstić information content (AvgIpc) is 3.54. The molecular formula is C38H29N5O5S. The van der Waals surface area contributed by atoms with Crippen molar-refractivity contribution >= 4 is 63.5 Å². The molecule has 0 fully saturated rings. The molecular weight excluding hydrogens is 639 g/mol. The third kappa shape index (κ3) is 8.10. The van der Waals surface area contributed by atoms with E-state index in [0.717, 1.165) is 26.9 Å². The van der Waals surface area contributed by atoms with Crippen LogP contribution in [0.3, 0.4) is 0 Å². The smallest absolute Gasteiger partial charge is 0.272 e. The van der Waals surface area contributed by atoms with E-state index in [4.69, 9.17) is 0 Å². The largest absolute Gasteiger partial charge is 0.361 e. The maximum Gasteiger partial charge on any atom is 0.272 e. The fraction of sp³-hybridized carbons (Fsp3) is 0.0263. The predicted molar refractivity (Wildman–Crippen MR) is 192 cm³/mol. The van der Waals surface area contributed by atoms with Crippen LogP contribution in [0.1, 0.15) is 26.7 Å². The highest BCUT2D eigenvalue weighted by molar-refractivity contribution is 8.00. The highest BCUT2D eigenvalue weighted by Crippen LogP contribution is 2.37. The molecule has 1 atom stereocenters. The SMILES string of the molecule is O=C(Nc1ccc(S[C@H](C(=O)Nc2ccc([N+](=O)[O-])cc2)c2ccccc2)cc1)/C(=C\c1c[nH]c2ccccc12)NC(=O)c1ccccc1. The molecule has 6 aromatic rings. The molecule has 242 valence electrons. The zero-order chi connectivity index (χ0) is 34.2. The van der Waals surface area contributed by atoms with Crippen molar-refractivity contribution in [3.63, 3.8) is 0 Å². The number of nitro groups is 1. The van der Waals surface area contributed by atoms with Gasteiger partial charge in [0.15, 0.2) is 0 Å². The third-order valence-electron chi connectivity index (χ3n) is 7.50. The molecule has 0 aliphatic carbocycles. The van der Waals surface area contributed by atoms with Gasteiger partial charge in [-0.3, -0.25) is 24.5 Å². The zero-order valence-corrected chi connectivity index (χ0v) is 26.6. The maximum absolute atomic E-state index is 13.6. The molecule has 0 aliphatic rings. The Bertz CT molecular complexity index is 2150. The van der Waals surface area contributed by atoms with Gasteiger partial charge in [0.05, 0.1) is 4.92 Å². The minimum absolute atomic E-state index is 0.0594. The second-order valence-corrected chi connectivity index (χ2v) is 12.0. The van der Waals surface area contributed by atoms with Crippen molar-refractivity contribution in [2.45, 2.75) is 10.1 Å². The molecule has 1 aromatic heterocycles. The van der Waals surface area contributed by atoms with Crippen LogP contribution in [0, 0.1) is 10.1 Å². The molecule has 11 heteroatoms.